The fourth-order valence-corrected chi connectivity index (χ4v) is 4.16. The van der Waals surface area contributed by atoms with Gasteiger partial charge in [-0.05, 0) is 30.4 Å². The molecule has 9 heteroatoms. The number of carbonyl (C=O) groups is 3. The summed E-state index contributed by atoms with van der Waals surface area (Å²) >= 11 is 5.72. The molecule has 4 atom stereocenters. The number of hydrogen-bond donors (Lipinski definition) is 1. The van der Waals surface area contributed by atoms with Gasteiger partial charge in [-0.25, -0.2) is 0 Å². The molecule has 4 unspecified atom stereocenters. The third-order valence-electron chi connectivity index (χ3n) is 5.09. The number of halogens is 1. The molecule has 2 aliphatic carbocycles. The van der Waals surface area contributed by atoms with Crippen molar-refractivity contribution in [2.24, 2.45) is 23.7 Å². The van der Waals surface area contributed by atoms with E-state index in [0.717, 1.165) is 17.5 Å². The highest BCUT2D eigenvalue weighted by atomic mass is 35.5. The molecule has 8 nitrogen and oxygen atoms in total. The first-order valence-corrected chi connectivity index (χ1v) is 8.07. The first-order chi connectivity index (χ1) is 11.9. The number of hydrazine groups is 1. The summed E-state index contributed by atoms with van der Waals surface area (Å²) in [6.45, 7) is 0. The van der Waals surface area contributed by atoms with Gasteiger partial charge in [-0.3, -0.25) is 29.9 Å². The molecule has 4 rings (SSSR count). The van der Waals surface area contributed by atoms with Crippen LogP contribution in [0.3, 0.4) is 0 Å². The number of nitrogens with zero attached hydrogens (tertiary/aromatic N) is 2. The fourth-order valence-electron chi connectivity index (χ4n) is 3.97. The van der Waals surface area contributed by atoms with E-state index in [-0.39, 0.29) is 22.4 Å². The van der Waals surface area contributed by atoms with Crippen LogP contribution in [-0.4, -0.2) is 27.7 Å². The standard InChI is InChI=1S/C16H12ClN3O5/c17-10-4-3-9(6-11(10)20(24)25)14(21)18-19-15(22)12-7-1-2-8(5-7)13(12)16(19)23/h1-4,6-8,12-13H,5H2,(H,18,21). The van der Waals surface area contributed by atoms with E-state index in [4.69, 9.17) is 11.6 Å². The molecule has 1 heterocycles. The number of allylic oxidation sites excluding steroid dienone is 2. The quantitative estimate of drug-likeness (QED) is 0.381. The van der Waals surface area contributed by atoms with Crippen LogP contribution in [0.25, 0.3) is 0 Å². The Bertz CT molecular complexity index is 837. The van der Waals surface area contributed by atoms with Crippen molar-refractivity contribution in [1.82, 2.24) is 10.4 Å². The molecule has 1 N–H and O–H groups in total. The Balaban J connectivity index is 1.56. The second kappa shape index (κ2) is 5.38. The number of benzene rings is 1. The zero-order valence-electron chi connectivity index (χ0n) is 12.7. The number of fused-ring (bicyclic) bond motifs is 5. The lowest BCUT2D eigenvalue weighted by Crippen LogP contribution is -2.47. The van der Waals surface area contributed by atoms with Crippen LogP contribution in [0.15, 0.2) is 30.4 Å². The molecule has 2 bridgehead atoms. The third kappa shape index (κ3) is 2.25. The lowest BCUT2D eigenvalue weighted by molar-refractivity contribution is -0.384. The van der Waals surface area contributed by atoms with Gasteiger partial charge < -0.3 is 0 Å². The summed E-state index contributed by atoms with van der Waals surface area (Å²) < 4.78 is 0. The van der Waals surface area contributed by atoms with E-state index in [9.17, 15) is 24.5 Å². The molecule has 1 aromatic rings. The smallest absolute Gasteiger partial charge is 0.272 e. The number of nitrogens with one attached hydrogen (secondary N) is 1. The van der Waals surface area contributed by atoms with Crippen LogP contribution >= 0.6 is 11.6 Å². The first-order valence-electron chi connectivity index (χ1n) is 7.69. The maximum absolute atomic E-state index is 12.5. The Morgan fingerprint density at radius 1 is 1.20 bits per heavy atom. The molecule has 25 heavy (non-hydrogen) atoms. The lowest BCUT2D eigenvalue weighted by atomic mass is 9.85. The SMILES string of the molecule is O=C(NN1C(=O)C2C3C=CC(C3)C2C1=O)c1ccc(Cl)c([N+](=O)[O-])c1. The molecule has 0 aromatic heterocycles. The van der Waals surface area contributed by atoms with Crippen LogP contribution in [0.4, 0.5) is 5.69 Å². The molecular weight excluding hydrogens is 350 g/mol. The highest BCUT2D eigenvalue weighted by molar-refractivity contribution is 6.32. The number of hydrogen-bond acceptors (Lipinski definition) is 5. The maximum atomic E-state index is 12.5. The maximum Gasteiger partial charge on any atom is 0.288 e. The molecule has 0 radical (unpaired) electrons. The Hall–Kier alpha value is -2.74. The average molecular weight is 362 g/mol. The summed E-state index contributed by atoms with van der Waals surface area (Å²) in [6, 6.07) is 3.53. The van der Waals surface area contributed by atoms with E-state index in [0.29, 0.717) is 0 Å². The molecule has 3 amide bonds. The minimum Gasteiger partial charge on any atom is -0.272 e. The summed E-state index contributed by atoms with van der Waals surface area (Å²) in [5, 5.41) is 11.6. The predicted molar refractivity (Wildman–Crippen MR) is 85.1 cm³/mol. The monoisotopic (exact) mass is 361 g/mol. The van der Waals surface area contributed by atoms with Crippen LogP contribution < -0.4 is 5.43 Å². The predicted octanol–water partition coefficient (Wildman–Crippen LogP) is 1.70. The summed E-state index contributed by atoms with van der Waals surface area (Å²) in [7, 11) is 0. The van der Waals surface area contributed by atoms with Gasteiger partial charge in [0, 0.05) is 11.6 Å². The largest absolute Gasteiger partial charge is 0.288 e. The van der Waals surface area contributed by atoms with Gasteiger partial charge in [0.15, 0.2) is 0 Å². The Morgan fingerprint density at radius 2 is 1.80 bits per heavy atom. The Kier molecular flexibility index (Phi) is 3.40. The topological polar surface area (TPSA) is 110 Å². The summed E-state index contributed by atoms with van der Waals surface area (Å²) in [4.78, 5) is 47.6. The second-order valence-corrected chi connectivity index (χ2v) is 6.78. The molecule has 0 spiro atoms. The first kappa shape index (κ1) is 15.8. The van der Waals surface area contributed by atoms with Crippen molar-refractivity contribution < 1.29 is 19.3 Å². The van der Waals surface area contributed by atoms with Gasteiger partial charge in [0.2, 0.25) is 0 Å². The van der Waals surface area contributed by atoms with Gasteiger partial charge in [-0.1, -0.05) is 23.8 Å². The van der Waals surface area contributed by atoms with Crippen molar-refractivity contribution in [1.29, 1.82) is 0 Å². The van der Waals surface area contributed by atoms with Crippen molar-refractivity contribution in [3.05, 3.63) is 51.1 Å². The highest BCUT2D eigenvalue weighted by Crippen LogP contribution is 2.52. The van der Waals surface area contributed by atoms with Crippen LogP contribution in [0.2, 0.25) is 5.02 Å². The number of nitro groups is 1. The fraction of sp³-hybridized carbons (Fsp3) is 0.312. The summed E-state index contributed by atoms with van der Waals surface area (Å²) in [5.74, 6) is -2.42. The van der Waals surface area contributed by atoms with E-state index in [2.05, 4.69) is 5.43 Å². The normalized spacial score (nSPS) is 29.2. The van der Waals surface area contributed by atoms with Crippen LogP contribution in [0.5, 0.6) is 0 Å². The zero-order chi connectivity index (χ0) is 17.9. The van der Waals surface area contributed by atoms with E-state index in [1.165, 1.54) is 12.1 Å². The minimum atomic E-state index is -0.776. The number of imide groups is 1. The zero-order valence-corrected chi connectivity index (χ0v) is 13.5. The van der Waals surface area contributed by atoms with Crippen LogP contribution in [0, 0.1) is 33.8 Å². The number of amides is 3. The third-order valence-corrected chi connectivity index (χ3v) is 5.41. The van der Waals surface area contributed by atoms with E-state index in [1.807, 2.05) is 12.2 Å². The number of nitro benzene ring substituents is 1. The second-order valence-electron chi connectivity index (χ2n) is 6.38. The Labute approximate surface area is 146 Å². The number of rotatable bonds is 3. The van der Waals surface area contributed by atoms with Gasteiger partial charge >= 0.3 is 0 Å². The van der Waals surface area contributed by atoms with Gasteiger partial charge in [0.25, 0.3) is 23.4 Å². The van der Waals surface area contributed by atoms with Crippen molar-refractivity contribution in [3.8, 4) is 0 Å². The molecule has 1 aliphatic heterocycles. The average Bonchev–Trinajstić information content (AvgIpc) is 3.24. The highest BCUT2D eigenvalue weighted by Gasteiger charge is 2.59. The summed E-state index contributed by atoms with van der Waals surface area (Å²) in [6.07, 6.45) is 4.69. The minimum absolute atomic E-state index is 0.0324. The van der Waals surface area contributed by atoms with Gasteiger partial charge in [-0.15, -0.1) is 0 Å². The summed E-state index contributed by atoms with van der Waals surface area (Å²) in [5.41, 5.74) is 1.80. The van der Waals surface area contributed by atoms with Crippen LogP contribution in [0.1, 0.15) is 16.8 Å². The number of carbonyl (C=O) groups excluding carboxylic acids is 3. The van der Waals surface area contributed by atoms with Crippen molar-refractivity contribution in [2.75, 3.05) is 0 Å². The molecule has 1 saturated heterocycles. The van der Waals surface area contributed by atoms with Crippen molar-refractivity contribution in [2.45, 2.75) is 6.42 Å². The van der Waals surface area contributed by atoms with E-state index >= 15 is 0 Å². The molecular formula is C16H12ClN3O5. The van der Waals surface area contributed by atoms with Gasteiger partial charge in [-0.2, -0.15) is 5.01 Å². The molecule has 1 saturated carbocycles. The van der Waals surface area contributed by atoms with Crippen molar-refractivity contribution >= 4 is 35.0 Å². The lowest BCUT2D eigenvalue weighted by Gasteiger charge is -2.18. The molecule has 3 aliphatic rings. The molecule has 128 valence electrons. The molecule has 2 fully saturated rings. The van der Waals surface area contributed by atoms with Crippen LogP contribution in [-0.2, 0) is 9.59 Å². The Morgan fingerprint density at radius 3 is 2.36 bits per heavy atom. The van der Waals surface area contributed by atoms with E-state index < -0.39 is 40.2 Å². The molecule has 1 aromatic carbocycles. The van der Waals surface area contributed by atoms with Crippen molar-refractivity contribution in [3.63, 3.8) is 0 Å². The van der Waals surface area contributed by atoms with Gasteiger partial charge in [0.05, 0.1) is 16.8 Å². The van der Waals surface area contributed by atoms with Gasteiger partial charge in [0.1, 0.15) is 5.02 Å². The van der Waals surface area contributed by atoms with E-state index in [1.54, 1.807) is 0 Å².